The number of nitrogens with zero attached hydrogens (tertiary/aromatic N) is 2. The topological polar surface area (TPSA) is 6.48 Å². The highest BCUT2D eigenvalue weighted by molar-refractivity contribution is 7.00. The van der Waals surface area contributed by atoms with Gasteiger partial charge in [0.15, 0.2) is 0 Å². The Morgan fingerprint density at radius 1 is 0.375 bits per heavy atom. The number of rotatable bonds is 2. The summed E-state index contributed by atoms with van der Waals surface area (Å²) in [4.78, 5) is 5.03. The van der Waals surface area contributed by atoms with E-state index in [9.17, 15) is 0 Å². The maximum absolute atomic E-state index is 2.52. The molecule has 0 amide bonds. The molecule has 0 aromatic heterocycles. The molecule has 5 aromatic carbocycles. The lowest BCUT2D eigenvalue weighted by molar-refractivity contribution is 1.21. The second-order valence-electron chi connectivity index (χ2n) is 12.1. The van der Waals surface area contributed by atoms with Gasteiger partial charge in [0, 0.05) is 34.1 Å². The molecule has 0 atom stereocenters. The van der Waals surface area contributed by atoms with Crippen molar-refractivity contribution in [3.63, 3.8) is 0 Å². The van der Waals surface area contributed by atoms with E-state index in [2.05, 4.69) is 143 Å². The predicted octanol–water partition coefficient (Wildman–Crippen LogP) is 7.93. The van der Waals surface area contributed by atoms with Crippen LogP contribution in [0.4, 0.5) is 34.1 Å². The van der Waals surface area contributed by atoms with Crippen molar-refractivity contribution in [2.24, 2.45) is 0 Å². The molecule has 2 aliphatic heterocycles. The molecule has 5 aromatic rings. The molecule has 2 heterocycles. The van der Waals surface area contributed by atoms with Crippen LogP contribution in [0.3, 0.4) is 0 Å². The van der Waals surface area contributed by atoms with Crippen molar-refractivity contribution >= 4 is 57.2 Å². The van der Waals surface area contributed by atoms with E-state index in [-0.39, 0.29) is 6.71 Å². The van der Waals surface area contributed by atoms with E-state index in [1.807, 2.05) is 0 Å². The van der Waals surface area contributed by atoms with E-state index >= 15 is 0 Å². The Morgan fingerprint density at radius 2 is 0.725 bits per heavy atom. The van der Waals surface area contributed by atoms with E-state index in [1.165, 1.54) is 89.5 Å². The molecule has 196 valence electrons. The molecule has 7 rings (SSSR count). The summed E-state index contributed by atoms with van der Waals surface area (Å²) < 4.78 is 0. The molecular weight excluding hydrogens is 483 g/mol. The summed E-state index contributed by atoms with van der Waals surface area (Å²) in [5.41, 5.74) is 20.7. The average Bonchev–Trinajstić information content (AvgIpc) is 2.86. The molecule has 40 heavy (non-hydrogen) atoms. The Hall–Kier alpha value is -4.24. The summed E-state index contributed by atoms with van der Waals surface area (Å²) >= 11 is 0. The minimum atomic E-state index is 0.168. The van der Waals surface area contributed by atoms with Gasteiger partial charge in [-0.1, -0.05) is 36.4 Å². The third-order valence-corrected chi connectivity index (χ3v) is 8.46. The maximum atomic E-state index is 2.52. The average molecular weight is 519 g/mol. The molecule has 0 spiro atoms. The van der Waals surface area contributed by atoms with Crippen molar-refractivity contribution in [2.75, 3.05) is 9.80 Å². The fraction of sp³-hybridized carbons (Fsp3) is 0.189. The van der Waals surface area contributed by atoms with Crippen molar-refractivity contribution in [1.29, 1.82) is 0 Å². The van der Waals surface area contributed by atoms with E-state index < -0.39 is 0 Å². The zero-order chi connectivity index (χ0) is 27.9. The van der Waals surface area contributed by atoms with Crippen LogP contribution in [-0.4, -0.2) is 6.71 Å². The first-order valence-corrected chi connectivity index (χ1v) is 14.3. The largest absolute Gasteiger partial charge is 0.311 e. The Kier molecular flexibility index (Phi) is 5.51. The number of anilines is 6. The Morgan fingerprint density at radius 3 is 1.12 bits per heavy atom. The zero-order valence-corrected chi connectivity index (χ0v) is 24.6. The standard InChI is InChI=1S/C37H35BN2/c1-22-8-10-31-33(18-22)39(29-14-24(3)12-25(4)15-29)35-20-28(7)21-36-37(35)38(31)32-11-9-23(2)19-34(32)40(36)30-16-26(5)13-27(6)17-30/h8-21H,1-7H3. The summed E-state index contributed by atoms with van der Waals surface area (Å²) in [5.74, 6) is 0. The first kappa shape index (κ1) is 24.8. The van der Waals surface area contributed by atoms with Gasteiger partial charge in [-0.15, -0.1) is 0 Å². The number of benzene rings is 5. The van der Waals surface area contributed by atoms with Gasteiger partial charge < -0.3 is 9.80 Å². The van der Waals surface area contributed by atoms with Crippen molar-refractivity contribution in [3.05, 3.63) is 124 Å². The lowest BCUT2D eigenvalue weighted by atomic mass is 9.33. The second kappa shape index (κ2) is 8.89. The first-order valence-electron chi connectivity index (χ1n) is 14.3. The summed E-state index contributed by atoms with van der Waals surface area (Å²) in [5, 5.41) is 0. The van der Waals surface area contributed by atoms with Crippen molar-refractivity contribution < 1.29 is 0 Å². The van der Waals surface area contributed by atoms with Gasteiger partial charge in [0.2, 0.25) is 0 Å². The zero-order valence-electron chi connectivity index (χ0n) is 24.6. The molecule has 2 aliphatic rings. The molecule has 0 unspecified atom stereocenters. The van der Waals surface area contributed by atoms with Crippen molar-refractivity contribution in [1.82, 2.24) is 0 Å². The molecular formula is C37H35BN2. The lowest BCUT2D eigenvalue weighted by Crippen LogP contribution is -2.61. The van der Waals surface area contributed by atoms with Gasteiger partial charge in [-0.3, -0.25) is 0 Å². The van der Waals surface area contributed by atoms with Gasteiger partial charge in [0.1, 0.15) is 0 Å². The highest BCUT2D eigenvalue weighted by Crippen LogP contribution is 2.45. The SMILES string of the molecule is Cc1cc(C)cc(N2c3cc(C)ccc3B3c4ccc(C)cc4N(c4cc(C)cc(C)c4)c4cc(C)cc2c43)c1. The smallest absolute Gasteiger partial charge is 0.252 e. The van der Waals surface area contributed by atoms with Gasteiger partial charge in [-0.2, -0.15) is 0 Å². The van der Waals surface area contributed by atoms with Crippen LogP contribution in [0.25, 0.3) is 0 Å². The lowest BCUT2D eigenvalue weighted by Gasteiger charge is -2.44. The van der Waals surface area contributed by atoms with Crippen LogP contribution in [0.1, 0.15) is 38.9 Å². The third-order valence-electron chi connectivity index (χ3n) is 8.46. The Bertz CT molecular complexity index is 1680. The molecule has 0 fully saturated rings. The minimum Gasteiger partial charge on any atom is -0.311 e. The van der Waals surface area contributed by atoms with E-state index in [4.69, 9.17) is 0 Å². The fourth-order valence-electron chi connectivity index (χ4n) is 7.06. The molecule has 0 bridgehead atoms. The van der Waals surface area contributed by atoms with Gasteiger partial charge in [-0.05, 0) is 152 Å². The summed E-state index contributed by atoms with van der Waals surface area (Å²) in [7, 11) is 0. The number of hydrogen-bond donors (Lipinski definition) is 0. The Labute approximate surface area is 239 Å². The highest BCUT2D eigenvalue weighted by atomic mass is 15.2. The van der Waals surface area contributed by atoms with Gasteiger partial charge in [0.05, 0.1) is 0 Å². The van der Waals surface area contributed by atoms with E-state index in [1.54, 1.807) is 0 Å². The molecule has 0 saturated carbocycles. The van der Waals surface area contributed by atoms with Crippen molar-refractivity contribution in [3.8, 4) is 0 Å². The summed E-state index contributed by atoms with van der Waals surface area (Å²) in [6, 6.07) is 32.7. The molecule has 3 heteroatoms. The molecule has 0 aliphatic carbocycles. The maximum Gasteiger partial charge on any atom is 0.252 e. The van der Waals surface area contributed by atoms with Crippen LogP contribution in [-0.2, 0) is 0 Å². The molecule has 0 radical (unpaired) electrons. The van der Waals surface area contributed by atoms with E-state index in [0.29, 0.717) is 0 Å². The normalized spacial score (nSPS) is 13.2. The van der Waals surface area contributed by atoms with E-state index in [0.717, 1.165) is 0 Å². The van der Waals surface area contributed by atoms with Crippen molar-refractivity contribution in [2.45, 2.75) is 48.5 Å². The van der Waals surface area contributed by atoms with Crippen LogP contribution in [0.2, 0.25) is 0 Å². The quantitative estimate of drug-likeness (QED) is 0.215. The fourth-order valence-corrected chi connectivity index (χ4v) is 7.06. The Balaban J connectivity index is 1.61. The predicted molar refractivity (Wildman–Crippen MR) is 174 cm³/mol. The van der Waals surface area contributed by atoms with Gasteiger partial charge in [-0.25, -0.2) is 0 Å². The minimum absolute atomic E-state index is 0.168. The van der Waals surface area contributed by atoms with Crippen LogP contribution in [0, 0.1) is 48.5 Å². The molecule has 0 saturated heterocycles. The van der Waals surface area contributed by atoms with Crippen LogP contribution in [0.5, 0.6) is 0 Å². The first-order chi connectivity index (χ1) is 19.2. The second-order valence-corrected chi connectivity index (χ2v) is 12.1. The monoisotopic (exact) mass is 518 g/mol. The molecule has 0 N–H and O–H groups in total. The molecule has 2 nitrogen and oxygen atoms in total. The van der Waals surface area contributed by atoms with Gasteiger partial charge >= 0.3 is 0 Å². The van der Waals surface area contributed by atoms with Crippen LogP contribution >= 0.6 is 0 Å². The highest BCUT2D eigenvalue weighted by Gasteiger charge is 2.43. The third kappa shape index (κ3) is 3.79. The van der Waals surface area contributed by atoms with Crippen LogP contribution in [0.15, 0.2) is 84.9 Å². The van der Waals surface area contributed by atoms with Gasteiger partial charge in [0.25, 0.3) is 6.71 Å². The van der Waals surface area contributed by atoms with Crippen LogP contribution < -0.4 is 26.2 Å². The summed E-state index contributed by atoms with van der Waals surface area (Å²) in [6.45, 7) is 15.6. The summed E-state index contributed by atoms with van der Waals surface area (Å²) in [6.07, 6.45) is 0. The number of fused-ring (bicyclic) bond motifs is 4. The number of aryl methyl sites for hydroxylation is 7. The number of hydrogen-bond acceptors (Lipinski definition) is 2.